The molecule has 7 heteroatoms. The van der Waals surface area contributed by atoms with Gasteiger partial charge in [0.15, 0.2) is 0 Å². The summed E-state index contributed by atoms with van der Waals surface area (Å²) in [4.78, 5) is 34.1. The third-order valence-electron chi connectivity index (χ3n) is 3.44. The van der Waals surface area contributed by atoms with Crippen molar-refractivity contribution in [3.63, 3.8) is 0 Å². The van der Waals surface area contributed by atoms with Gasteiger partial charge in [0, 0.05) is 0 Å². The average Bonchev–Trinajstić information content (AvgIpc) is 3.18. The molecule has 120 valence electrons. The number of carbonyl (C=O) groups is 3. The minimum absolute atomic E-state index is 0.135. The fourth-order valence-corrected chi connectivity index (χ4v) is 2.10. The Bertz CT molecular complexity index is 404. The number of hydrogen-bond donors (Lipinski definition) is 3. The van der Waals surface area contributed by atoms with Crippen molar-refractivity contribution < 1.29 is 24.2 Å². The second kappa shape index (κ2) is 7.40. The molecule has 0 aromatic rings. The Morgan fingerprint density at radius 3 is 2.29 bits per heavy atom. The van der Waals surface area contributed by atoms with Crippen LogP contribution in [0.25, 0.3) is 0 Å². The molecule has 7 nitrogen and oxygen atoms in total. The van der Waals surface area contributed by atoms with Crippen molar-refractivity contribution in [2.75, 3.05) is 0 Å². The topological polar surface area (TPSA) is 119 Å². The zero-order valence-corrected chi connectivity index (χ0v) is 12.7. The van der Waals surface area contributed by atoms with Gasteiger partial charge in [-0.15, -0.1) is 0 Å². The van der Waals surface area contributed by atoms with Crippen LogP contribution in [-0.4, -0.2) is 41.1 Å². The lowest BCUT2D eigenvalue weighted by Gasteiger charge is -2.24. The summed E-state index contributed by atoms with van der Waals surface area (Å²) in [6.45, 7) is 5.47. The SMILES string of the molecule is CC(C)C(OC(=O)[C@H](C)NC(=O)[C@@H](N)CC(=O)O)C1CC1. The van der Waals surface area contributed by atoms with Gasteiger partial charge in [0.05, 0.1) is 12.5 Å². The Kier molecular flexibility index (Phi) is 6.14. The highest BCUT2D eigenvalue weighted by atomic mass is 16.5. The smallest absolute Gasteiger partial charge is 0.328 e. The molecule has 0 aromatic heterocycles. The molecule has 1 rings (SSSR count). The lowest BCUT2D eigenvalue weighted by Crippen LogP contribution is -2.49. The molecule has 3 atom stereocenters. The van der Waals surface area contributed by atoms with Crippen LogP contribution >= 0.6 is 0 Å². The van der Waals surface area contributed by atoms with Crippen molar-refractivity contribution >= 4 is 17.8 Å². The van der Waals surface area contributed by atoms with Crippen LogP contribution in [0.2, 0.25) is 0 Å². The quantitative estimate of drug-likeness (QED) is 0.554. The third-order valence-corrected chi connectivity index (χ3v) is 3.44. The molecule has 0 saturated heterocycles. The number of hydrogen-bond acceptors (Lipinski definition) is 5. The van der Waals surface area contributed by atoms with Crippen LogP contribution in [0.15, 0.2) is 0 Å². The van der Waals surface area contributed by atoms with E-state index in [0.717, 1.165) is 12.8 Å². The standard InChI is InChI=1S/C14H24N2O5/c1-7(2)12(9-4-5-9)21-14(20)8(3)16-13(19)10(15)6-11(17)18/h7-10,12H,4-6,15H2,1-3H3,(H,16,19)(H,17,18)/t8-,10-,12?/m0/s1. The van der Waals surface area contributed by atoms with E-state index < -0.39 is 36.4 Å². The summed E-state index contributed by atoms with van der Waals surface area (Å²) in [7, 11) is 0. The number of nitrogens with two attached hydrogens (primary N) is 1. The Morgan fingerprint density at radius 2 is 1.86 bits per heavy atom. The highest BCUT2D eigenvalue weighted by Gasteiger charge is 2.37. The molecule has 0 spiro atoms. The maximum absolute atomic E-state index is 12.0. The fraction of sp³-hybridized carbons (Fsp3) is 0.786. The monoisotopic (exact) mass is 300 g/mol. The van der Waals surface area contributed by atoms with Crippen LogP contribution in [0, 0.1) is 11.8 Å². The minimum atomic E-state index is -1.18. The summed E-state index contributed by atoms with van der Waals surface area (Å²) in [6, 6.07) is -2.03. The maximum atomic E-state index is 12.0. The lowest BCUT2D eigenvalue weighted by atomic mass is 10.0. The van der Waals surface area contributed by atoms with E-state index in [9.17, 15) is 14.4 Å². The summed E-state index contributed by atoms with van der Waals surface area (Å²) in [6.07, 6.45) is 1.50. The number of ether oxygens (including phenoxy) is 1. The van der Waals surface area contributed by atoms with E-state index in [-0.39, 0.29) is 12.0 Å². The van der Waals surface area contributed by atoms with Gasteiger partial charge in [-0.05, 0) is 31.6 Å². The first-order chi connectivity index (χ1) is 9.72. The number of amides is 1. The Balaban J connectivity index is 2.46. The van der Waals surface area contributed by atoms with Gasteiger partial charge in [-0.2, -0.15) is 0 Å². The summed E-state index contributed by atoms with van der Waals surface area (Å²) >= 11 is 0. The fourth-order valence-electron chi connectivity index (χ4n) is 2.10. The average molecular weight is 300 g/mol. The predicted molar refractivity (Wildman–Crippen MR) is 75.3 cm³/mol. The molecule has 1 fully saturated rings. The molecule has 0 radical (unpaired) electrons. The number of carboxylic acids is 1. The number of aliphatic carboxylic acids is 1. The molecule has 0 aromatic carbocycles. The third kappa shape index (κ3) is 5.71. The van der Waals surface area contributed by atoms with Gasteiger partial charge >= 0.3 is 11.9 Å². The molecule has 0 aliphatic heterocycles. The van der Waals surface area contributed by atoms with E-state index in [1.54, 1.807) is 0 Å². The lowest BCUT2D eigenvalue weighted by molar-refractivity contribution is -0.156. The van der Waals surface area contributed by atoms with E-state index >= 15 is 0 Å². The van der Waals surface area contributed by atoms with E-state index in [1.807, 2.05) is 13.8 Å². The predicted octanol–water partition coefficient (Wildman–Crippen LogP) is 0.271. The van der Waals surface area contributed by atoms with Gasteiger partial charge in [-0.25, -0.2) is 4.79 Å². The number of esters is 1. The normalized spacial score (nSPS) is 18.7. The van der Waals surface area contributed by atoms with Crippen molar-refractivity contribution in [1.29, 1.82) is 0 Å². The first kappa shape index (κ1) is 17.4. The highest BCUT2D eigenvalue weighted by Crippen LogP contribution is 2.37. The molecule has 4 N–H and O–H groups in total. The summed E-state index contributed by atoms with van der Waals surface area (Å²) in [5.41, 5.74) is 5.43. The van der Waals surface area contributed by atoms with Gasteiger partial charge < -0.3 is 20.9 Å². The van der Waals surface area contributed by atoms with Crippen LogP contribution in [-0.2, 0) is 19.1 Å². The van der Waals surface area contributed by atoms with Gasteiger partial charge in [-0.3, -0.25) is 9.59 Å². The van der Waals surface area contributed by atoms with Gasteiger partial charge in [0.1, 0.15) is 12.1 Å². The Morgan fingerprint density at radius 1 is 1.29 bits per heavy atom. The molecule has 1 saturated carbocycles. The molecular weight excluding hydrogens is 276 g/mol. The molecule has 1 unspecified atom stereocenters. The number of carbonyl (C=O) groups excluding carboxylic acids is 2. The van der Waals surface area contributed by atoms with Crippen molar-refractivity contribution in [2.24, 2.45) is 17.6 Å². The van der Waals surface area contributed by atoms with Crippen molar-refractivity contribution in [3.05, 3.63) is 0 Å². The zero-order chi connectivity index (χ0) is 16.2. The van der Waals surface area contributed by atoms with E-state index in [4.69, 9.17) is 15.6 Å². The van der Waals surface area contributed by atoms with E-state index in [0.29, 0.717) is 5.92 Å². The highest BCUT2D eigenvalue weighted by molar-refractivity contribution is 5.89. The minimum Gasteiger partial charge on any atom is -0.481 e. The second-order valence-electron chi connectivity index (χ2n) is 5.92. The van der Waals surface area contributed by atoms with Gasteiger partial charge in [-0.1, -0.05) is 13.8 Å². The first-order valence-electron chi connectivity index (χ1n) is 7.20. The number of nitrogens with one attached hydrogen (secondary N) is 1. The molecule has 0 bridgehead atoms. The van der Waals surface area contributed by atoms with Gasteiger partial charge in [0.25, 0.3) is 0 Å². The van der Waals surface area contributed by atoms with Crippen molar-refractivity contribution in [2.45, 2.75) is 58.2 Å². The first-order valence-corrected chi connectivity index (χ1v) is 7.20. The van der Waals surface area contributed by atoms with Crippen LogP contribution in [0.1, 0.15) is 40.0 Å². The molecular formula is C14H24N2O5. The van der Waals surface area contributed by atoms with Crippen LogP contribution < -0.4 is 11.1 Å². The zero-order valence-electron chi connectivity index (χ0n) is 12.7. The molecule has 1 aliphatic carbocycles. The van der Waals surface area contributed by atoms with Crippen LogP contribution in [0.3, 0.4) is 0 Å². The van der Waals surface area contributed by atoms with Crippen molar-refractivity contribution in [3.8, 4) is 0 Å². The second-order valence-corrected chi connectivity index (χ2v) is 5.92. The van der Waals surface area contributed by atoms with E-state index in [1.165, 1.54) is 6.92 Å². The number of rotatable bonds is 8. The van der Waals surface area contributed by atoms with Crippen molar-refractivity contribution in [1.82, 2.24) is 5.32 Å². The summed E-state index contributed by atoms with van der Waals surface area (Å²) in [5, 5.41) is 11.0. The van der Waals surface area contributed by atoms with Crippen LogP contribution in [0.5, 0.6) is 0 Å². The molecule has 21 heavy (non-hydrogen) atoms. The Hall–Kier alpha value is -1.63. The number of carboxylic acid groups (broad SMARTS) is 1. The molecule has 1 amide bonds. The summed E-state index contributed by atoms with van der Waals surface area (Å²) < 4.78 is 5.45. The van der Waals surface area contributed by atoms with Crippen LogP contribution in [0.4, 0.5) is 0 Å². The van der Waals surface area contributed by atoms with E-state index in [2.05, 4.69) is 5.32 Å². The largest absolute Gasteiger partial charge is 0.481 e. The summed E-state index contributed by atoms with van der Waals surface area (Å²) in [5.74, 6) is -1.72. The Labute approximate surface area is 124 Å². The maximum Gasteiger partial charge on any atom is 0.328 e. The molecule has 0 heterocycles. The van der Waals surface area contributed by atoms with Gasteiger partial charge in [0.2, 0.25) is 5.91 Å². The molecule has 1 aliphatic rings.